The SMILES string of the molecule is COc1ccc(OC)c(-c2c3c([nH+]c4c2c(=O)n(C)c(=O)n4C)COC3=O)c1. The summed E-state index contributed by atoms with van der Waals surface area (Å²) in [6, 6.07) is 5.09. The van der Waals surface area contributed by atoms with E-state index in [2.05, 4.69) is 4.98 Å². The Kier molecular flexibility index (Phi) is 3.95. The zero-order chi connectivity index (χ0) is 20.2. The molecule has 1 N–H and O–H groups in total. The van der Waals surface area contributed by atoms with Gasteiger partial charge in [-0.05, 0) is 18.2 Å². The summed E-state index contributed by atoms with van der Waals surface area (Å²) < 4.78 is 18.3. The number of nitrogens with one attached hydrogen (secondary N) is 1. The summed E-state index contributed by atoms with van der Waals surface area (Å²) >= 11 is 0. The first-order chi connectivity index (χ1) is 13.4. The summed E-state index contributed by atoms with van der Waals surface area (Å²) in [6.45, 7) is 0.0206. The van der Waals surface area contributed by atoms with E-state index in [4.69, 9.17) is 14.2 Å². The van der Waals surface area contributed by atoms with Gasteiger partial charge in [-0.25, -0.2) is 19.1 Å². The van der Waals surface area contributed by atoms with Gasteiger partial charge in [0.1, 0.15) is 22.4 Å². The molecule has 144 valence electrons. The third kappa shape index (κ3) is 2.32. The van der Waals surface area contributed by atoms with Crippen molar-refractivity contribution in [3.05, 3.63) is 50.3 Å². The lowest BCUT2D eigenvalue weighted by molar-refractivity contribution is -0.365. The summed E-state index contributed by atoms with van der Waals surface area (Å²) in [5, 5.41) is 0.189. The van der Waals surface area contributed by atoms with Crippen LogP contribution in [0.25, 0.3) is 22.2 Å². The molecule has 0 unspecified atom stereocenters. The number of methoxy groups -OCH3 is 2. The minimum atomic E-state index is -0.552. The first-order valence-corrected chi connectivity index (χ1v) is 8.46. The van der Waals surface area contributed by atoms with Crippen LogP contribution in [0.4, 0.5) is 0 Å². The Morgan fingerprint density at radius 3 is 2.46 bits per heavy atom. The highest BCUT2D eigenvalue weighted by Crippen LogP contribution is 2.40. The van der Waals surface area contributed by atoms with Gasteiger partial charge in [0.2, 0.25) is 0 Å². The molecule has 0 saturated heterocycles. The van der Waals surface area contributed by atoms with Gasteiger partial charge in [-0.15, -0.1) is 0 Å². The van der Waals surface area contributed by atoms with Gasteiger partial charge >= 0.3 is 11.7 Å². The highest BCUT2D eigenvalue weighted by atomic mass is 16.5. The van der Waals surface area contributed by atoms with Crippen LogP contribution in [0.2, 0.25) is 0 Å². The topological polar surface area (TPSA) is 103 Å². The van der Waals surface area contributed by atoms with Crippen LogP contribution in [0.5, 0.6) is 11.5 Å². The number of aryl methyl sites for hydroxylation is 1. The van der Waals surface area contributed by atoms with Crippen LogP contribution in [0, 0.1) is 0 Å². The molecule has 0 bridgehead atoms. The van der Waals surface area contributed by atoms with Crippen LogP contribution in [0.15, 0.2) is 27.8 Å². The van der Waals surface area contributed by atoms with Crippen molar-refractivity contribution in [1.29, 1.82) is 0 Å². The van der Waals surface area contributed by atoms with E-state index in [-0.39, 0.29) is 17.6 Å². The van der Waals surface area contributed by atoms with Crippen LogP contribution in [0.3, 0.4) is 0 Å². The third-order valence-corrected chi connectivity index (χ3v) is 4.96. The van der Waals surface area contributed by atoms with E-state index in [0.717, 1.165) is 4.57 Å². The van der Waals surface area contributed by atoms with Gasteiger partial charge in [-0.2, -0.15) is 4.57 Å². The lowest BCUT2D eigenvalue weighted by Gasteiger charge is -2.14. The van der Waals surface area contributed by atoms with Crippen molar-refractivity contribution in [3.63, 3.8) is 0 Å². The maximum atomic E-state index is 13.1. The molecule has 1 aliphatic rings. The standard InChI is InChI=1S/C19H17N3O6/c1-21-16-15(17(23)22(2)19(21)25)13(14-11(20-16)8-28-18(14)24)10-7-9(26-3)5-6-12(10)27-4/h5-7H,8H2,1-4H3/p+1. The number of ether oxygens (including phenoxy) is 3. The van der Waals surface area contributed by atoms with Gasteiger partial charge in [-0.1, -0.05) is 0 Å². The van der Waals surface area contributed by atoms with Crippen molar-refractivity contribution in [2.24, 2.45) is 14.1 Å². The van der Waals surface area contributed by atoms with E-state index in [1.807, 2.05) is 0 Å². The summed E-state index contributed by atoms with van der Waals surface area (Å²) in [6.07, 6.45) is 0. The van der Waals surface area contributed by atoms with E-state index < -0.39 is 17.2 Å². The Bertz CT molecular complexity index is 1270. The predicted octanol–water partition coefficient (Wildman–Crippen LogP) is 0.406. The summed E-state index contributed by atoms with van der Waals surface area (Å²) in [4.78, 5) is 41.0. The molecule has 9 nitrogen and oxygen atoms in total. The van der Waals surface area contributed by atoms with Crippen molar-refractivity contribution in [2.75, 3.05) is 14.2 Å². The predicted molar refractivity (Wildman–Crippen MR) is 98.6 cm³/mol. The van der Waals surface area contributed by atoms with Crippen LogP contribution in [-0.2, 0) is 25.4 Å². The van der Waals surface area contributed by atoms with Crippen LogP contribution in [-0.4, -0.2) is 29.3 Å². The Balaban J connectivity index is 2.30. The molecule has 4 rings (SSSR count). The molecule has 3 aromatic rings. The second kappa shape index (κ2) is 6.22. The number of fused-ring (bicyclic) bond motifs is 2. The molecule has 1 aliphatic heterocycles. The number of hydrogen-bond acceptors (Lipinski definition) is 6. The highest BCUT2D eigenvalue weighted by Gasteiger charge is 2.35. The fraction of sp³-hybridized carbons (Fsp3) is 0.263. The average molecular weight is 384 g/mol. The maximum Gasteiger partial charge on any atom is 0.417 e. The Labute approximate surface area is 158 Å². The number of aromatic nitrogens is 3. The largest absolute Gasteiger partial charge is 0.497 e. The first kappa shape index (κ1) is 17.8. The molecule has 0 amide bonds. The van der Waals surface area contributed by atoms with Crippen molar-refractivity contribution in [2.45, 2.75) is 6.61 Å². The number of aromatic amines is 1. The number of carbonyl (C=O) groups is 1. The molecule has 2 aromatic heterocycles. The van der Waals surface area contributed by atoms with Crippen LogP contribution in [0.1, 0.15) is 16.1 Å². The molecule has 0 radical (unpaired) electrons. The molecule has 0 aliphatic carbocycles. The number of carbonyl (C=O) groups excluding carboxylic acids is 1. The van der Waals surface area contributed by atoms with E-state index in [1.165, 1.54) is 25.8 Å². The molecule has 28 heavy (non-hydrogen) atoms. The van der Waals surface area contributed by atoms with E-state index in [0.29, 0.717) is 34.0 Å². The Morgan fingerprint density at radius 2 is 1.79 bits per heavy atom. The third-order valence-electron chi connectivity index (χ3n) is 4.96. The van der Waals surface area contributed by atoms with Crippen LogP contribution >= 0.6 is 0 Å². The zero-order valence-electron chi connectivity index (χ0n) is 15.8. The quantitative estimate of drug-likeness (QED) is 0.606. The summed E-state index contributed by atoms with van der Waals surface area (Å²) in [5.41, 5.74) is 0.851. The van der Waals surface area contributed by atoms with E-state index in [1.54, 1.807) is 25.2 Å². The molecular weight excluding hydrogens is 366 g/mol. The second-order valence-electron chi connectivity index (χ2n) is 6.43. The monoisotopic (exact) mass is 384 g/mol. The molecule has 1 aromatic carbocycles. The summed E-state index contributed by atoms with van der Waals surface area (Å²) in [7, 11) is 5.96. The molecule has 0 saturated carbocycles. The fourth-order valence-electron chi connectivity index (χ4n) is 3.52. The smallest absolute Gasteiger partial charge is 0.417 e. The van der Waals surface area contributed by atoms with Crippen molar-refractivity contribution in [1.82, 2.24) is 9.13 Å². The van der Waals surface area contributed by atoms with Gasteiger partial charge in [0.15, 0.2) is 12.3 Å². The van der Waals surface area contributed by atoms with Gasteiger partial charge in [0.05, 0.1) is 21.3 Å². The van der Waals surface area contributed by atoms with E-state index >= 15 is 0 Å². The maximum absolute atomic E-state index is 13.1. The van der Waals surface area contributed by atoms with Crippen molar-refractivity contribution < 1.29 is 24.0 Å². The second-order valence-corrected chi connectivity index (χ2v) is 6.43. The molecule has 0 atom stereocenters. The number of rotatable bonds is 3. The van der Waals surface area contributed by atoms with Gasteiger partial charge in [-0.3, -0.25) is 4.79 Å². The number of benzene rings is 1. The fourth-order valence-corrected chi connectivity index (χ4v) is 3.52. The minimum absolute atomic E-state index is 0.0206. The number of pyridine rings is 1. The number of esters is 1. The molecule has 3 heterocycles. The Hall–Kier alpha value is -3.62. The van der Waals surface area contributed by atoms with Gasteiger partial charge < -0.3 is 14.2 Å². The normalized spacial score (nSPS) is 12.8. The number of cyclic esters (lactones) is 1. The van der Waals surface area contributed by atoms with Gasteiger partial charge in [0, 0.05) is 18.2 Å². The number of hydrogen-bond donors (Lipinski definition) is 0. The first-order valence-electron chi connectivity index (χ1n) is 8.46. The lowest BCUT2D eigenvalue weighted by atomic mass is 9.95. The minimum Gasteiger partial charge on any atom is -0.497 e. The summed E-state index contributed by atoms with van der Waals surface area (Å²) in [5.74, 6) is 0.425. The molecular formula is C19H18N3O6+. The molecule has 0 fully saturated rings. The average Bonchev–Trinajstić information content (AvgIpc) is 3.09. The molecule has 0 spiro atoms. The van der Waals surface area contributed by atoms with Crippen LogP contribution < -0.4 is 25.7 Å². The van der Waals surface area contributed by atoms with Gasteiger partial charge in [0.25, 0.3) is 11.2 Å². The van der Waals surface area contributed by atoms with E-state index in [9.17, 15) is 14.4 Å². The highest BCUT2D eigenvalue weighted by molar-refractivity contribution is 6.08. The number of H-pyrrole nitrogens is 1. The Morgan fingerprint density at radius 1 is 1.04 bits per heavy atom. The number of nitrogens with zero attached hydrogens (tertiary/aromatic N) is 2. The van der Waals surface area contributed by atoms with Crippen molar-refractivity contribution in [3.8, 4) is 22.6 Å². The molecule has 9 heteroatoms. The zero-order valence-corrected chi connectivity index (χ0v) is 15.8. The van der Waals surface area contributed by atoms with Crippen molar-refractivity contribution >= 4 is 17.0 Å². The lowest BCUT2D eigenvalue weighted by Crippen LogP contribution is -2.40.